The number of hydrogen-bond donors (Lipinski definition) is 0. The molecule has 0 fully saturated rings. The molecule has 13 heavy (non-hydrogen) atoms. The van der Waals surface area contributed by atoms with Gasteiger partial charge in [0.2, 0.25) is 0 Å². The lowest BCUT2D eigenvalue weighted by Crippen LogP contribution is -1.92. The van der Waals surface area contributed by atoms with Crippen LogP contribution in [-0.4, -0.2) is 7.11 Å². The fourth-order valence-corrected chi connectivity index (χ4v) is 1.17. The first-order valence-electron chi connectivity index (χ1n) is 3.58. The number of methoxy groups -OCH3 is 1. The molecule has 68 valence electrons. The van der Waals surface area contributed by atoms with E-state index in [-0.39, 0.29) is 17.2 Å². The van der Waals surface area contributed by atoms with Crippen molar-refractivity contribution in [3.63, 3.8) is 0 Å². The maximum absolute atomic E-state index is 13.2. The van der Waals surface area contributed by atoms with Crippen LogP contribution < -0.4 is 4.74 Å². The highest BCUT2D eigenvalue weighted by Crippen LogP contribution is 2.27. The molecule has 2 nitrogen and oxygen atoms in total. The van der Waals surface area contributed by atoms with Crippen molar-refractivity contribution in [2.75, 3.05) is 7.11 Å². The van der Waals surface area contributed by atoms with Crippen molar-refractivity contribution in [1.29, 1.82) is 5.26 Å². The summed E-state index contributed by atoms with van der Waals surface area (Å²) in [6.45, 7) is 0. The lowest BCUT2D eigenvalue weighted by Gasteiger charge is -2.05. The molecule has 1 rings (SSSR count). The summed E-state index contributed by atoms with van der Waals surface area (Å²) >= 11 is 5.65. The molecular formula is C9H7ClFNO. The first kappa shape index (κ1) is 9.82. The molecule has 0 bridgehead atoms. The predicted molar refractivity (Wildman–Crippen MR) is 47.3 cm³/mol. The highest BCUT2D eigenvalue weighted by atomic mass is 35.5. The summed E-state index contributed by atoms with van der Waals surface area (Å²) in [6, 6.07) is 4.93. The number of ether oxygens (including phenoxy) is 1. The van der Waals surface area contributed by atoms with E-state index in [1.807, 2.05) is 6.07 Å². The summed E-state index contributed by atoms with van der Waals surface area (Å²) in [6.07, 6.45) is 0.0970. The molecule has 0 radical (unpaired) electrons. The number of halogens is 2. The van der Waals surface area contributed by atoms with E-state index < -0.39 is 5.82 Å². The largest absolute Gasteiger partial charge is 0.494 e. The number of rotatable bonds is 2. The average molecular weight is 200 g/mol. The van der Waals surface area contributed by atoms with Crippen LogP contribution >= 0.6 is 11.6 Å². The highest BCUT2D eigenvalue weighted by molar-refractivity contribution is 6.31. The van der Waals surface area contributed by atoms with E-state index in [0.717, 1.165) is 0 Å². The van der Waals surface area contributed by atoms with Crippen LogP contribution in [0.2, 0.25) is 5.02 Å². The maximum atomic E-state index is 13.2. The summed E-state index contributed by atoms with van der Waals surface area (Å²) in [5.74, 6) is -0.524. The fraction of sp³-hybridized carbons (Fsp3) is 0.222. The van der Waals surface area contributed by atoms with Crippen LogP contribution in [0.4, 0.5) is 4.39 Å². The Morgan fingerprint density at radius 3 is 2.85 bits per heavy atom. The fourth-order valence-electron chi connectivity index (χ4n) is 0.951. The van der Waals surface area contributed by atoms with E-state index in [1.54, 1.807) is 6.07 Å². The molecule has 0 spiro atoms. The van der Waals surface area contributed by atoms with Crippen molar-refractivity contribution in [3.05, 3.63) is 28.5 Å². The van der Waals surface area contributed by atoms with Gasteiger partial charge in [-0.2, -0.15) is 5.26 Å². The third-order valence-electron chi connectivity index (χ3n) is 1.62. The molecule has 0 amide bonds. The Morgan fingerprint density at radius 2 is 2.31 bits per heavy atom. The second-order valence-electron chi connectivity index (χ2n) is 2.39. The smallest absolute Gasteiger partial charge is 0.183 e. The average Bonchev–Trinajstić information content (AvgIpc) is 2.14. The quantitative estimate of drug-likeness (QED) is 0.734. The van der Waals surface area contributed by atoms with Gasteiger partial charge >= 0.3 is 0 Å². The van der Waals surface area contributed by atoms with Gasteiger partial charge in [0, 0.05) is 0 Å². The predicted octanol–water partition coefficient (Wildman–Crippen LogP) is 2.55. The van der Waals surface area contributed by atoms with Crippen LogP contribution in [0.15, 0.2) is 12.1 Å². The van der Waals surface area contributed by atoms with Gasteiger partial charge in [0.05, 0.1) is 24.6 Å². The van der Waals surface area contributed by atoms with Gasteiger partial charge in [-0.25, -0.2) is 4.39 Å². The number of nitriles is 1. The summed E-state index contributed by atoms with van der Waals surface area (Å²) in [5.41, 5.74) is 0.475. The van der Waals surface area contributed by atoms with Gasteiger partial charge in [0.1, 0.15) is 0 Å². The molecule has 0 aliphatic heterocycles. The topological polar surface area (TPSA) is 33.0 Å². The molecule has 0 heterocycles. The van der Waals surface area contributed by atoms with Gasteiger partial charge in [-0.15, -0.1) is 0 Å². The van der Waals surface area contributed by atoms with Crippen LogP contribution in [0.25, 0.3) is 0 Å². The monoisotopic (exact) mass is 199 g/mol. The van der Waals surface area contributed by atoms with Crippen molar-refractivity contribution in [3.8, 4) is 11.8 Å². The lowest BCUT2D eigenvalue weighted by atomic mass is 10.1. The van der Waals surface area contributed by atoms with Crippen molar-refractivity contribution in [2.24, 2.45) is 0 Å². The van der Waals surface area contributed by atoms with Crippen molar-refractivity contribution < 1.29 is 9.13 Å². The Morgan fingerprint density at radius 1 is 1.62 bits per heavy atom. The van der Waals surface area contributed by atoms with Gasteiger partial charge in [-0.3, -0.25) is 0 Å². The Balaban J connectivity index is 3.17. The van der Waals surface area contributed by atoms with Gasteiger partial charge in [0.15, 0.2) is 11.6 Å². The summed E-state index contributed by atoms with van der Waals surface area (Å²) in [4.78, 5) is 0. The highest BCUT2D eigenvalue weighted by Gasteiger charge is 2.11. The van der Waals surface area contributed by atoms with Crippen LogP contribution in [0.5, 0.6) is 5.75 Å². The molecule has 0 saturated heterocycles. The van der Waals surface area contributed by atoms with E-state index in [1.165, 1.54) is 13.2 Å². The van der Waals surface area contributed by atoms with E-state index in [0.29, 0.717) is 5.56 Å². The van der Waals surface area contributed by atoms with Gasteiger partial charge in [-0.05, 0) is 11.6 Å². The molecule has 0 aromatic heterocycles. The molecule has 0 atom stereocenters. The Hall–Kier alpha value is -1.27. The zero-order valence-corrected chi connectivity index (χ0v) is 7.73. The molecule has 0 aliphatic carbocycles. The number of benzene rings is 1. The zero-order chi connectivity index (χ0) is 9.84. The number of nitrogens with zero attached hydrogens (tertiary/aromatic N) is 1. The lowest BCUT2D eigenvalue weighted by molar-refractivity contribution is 0.386. The normalized spacial score (nSPS) is 9.38. The minimum absolute atomic E-state index is 0.0408. The third-order valence-corrected chi connectivity index (χ3v) is 2.02. The molecule has 4 heteroatoms. The van der Waals surface area contributed by atoms with E-state index in [9.17, 15) is 4.39 Å². The minimum atomic E-state index is -0.614. The molecule has 1 aromatic carbocycles. The Labute approximate surface area is 80.5 Å². The van der Waals surface area contributed by atoms with Crippen LogP contribution in [0.1, 0.15) is 5.56 Å². The van der Waals surface area contributed by atoms with Crippen LogP contribution in [0.3, 0.4) is 0 Å². The van der Waals surface area contributed by atoms with Crippen LogP contribution in [0, 0.1) is 17.1 Å². The SMILES string of the molecule is COc1ccc(CC#N)c(Cl)c1F. The van der Waals surface area contributed by atoms with E-state index >= 15 is 0 Å². The third kappa shape index (κ3) is 1.90. The standard InChI is InChI=1S/C9H7ClFNO/c1-13-7-3-2-6(4-5-12)8(10)9(7)11/h2-3H,4H2,1H3. The first-order valence-corrected chi connectivity index (χ1v) is 3.96. The number of hydrogen-bond acceptors (Lipinski definition) is 2. The first-order chi connectivity index (χ1) is 6.20. The summed E-state index contributed by atoms with van der Waals surface area (Å²) in [7, 11) is 1.36. The zero-order valence-electron chi connectivity index (χ0n) is 6.97. The van der Waals surface area contributed by atoms with Gasteiger partial charge in [-0.1, -0.05) is 17.7 Å². The molecule has 1 aromatic rings. The minimum Gasteiger partial charge on any atom is -0.494 e. The van der Waals surface area contributed by atoms with Gasteiger partial charge < -0.3 is 4.74 Å². The molecule has 0 saturated carbocycles. The van der Waals surface area contributed by atoms with Crippen molar-refractivity contribution in [2.45, 2.75) is 6.42 Å². The molecule has 0 N–H and O–H groups in total. The van der Waals surface area contributed by atoms with Gasteiger partial charge in [0.25, 0.3) is 0 Å². The second kappa shape index (κ2) is 4.11. The van der Waals surface area contributed by atoms with Crippen molar-refractivity contribution >= 4 is 11.6 Å². The second-order valence-corrected chi connectivity index (χ2v) is 2.77. The summed E-state index contributed by atoms with van der Waals surface area (Å²) < 4.78 is 17.9. The van der Waals surface area contributed by atoms with Crippen LogP contribution in [-0.2, 0) is 6.42 Å². The van der Waals surface area contributed by atoms with E-state index in [4.69, 9.17) is 21.6 Å². The molecule has 0 unspecified atom stereocenters. The maximum Gasteiger partial charge on any atom is 0.183 e. The molecular weight excluding hydrogens is 193 g/mol. The van der Waals surface area contributed by atoms with Crippen molar-refractivity contribution in [1.82, 2.24) is 0 Å². The Bertz CT molecular complexity index is 359. The molecule has 0 aliphatic rings. The Kier molecular flexibility index (Phi) is 3.10. The van der Waals surface area contributed by atoms with E-state index in [2.05, 4.69) is 0 Å². The summed E-state index contributed by atoms with van der Waals surface area (Å²) in [5, 5.41) is 8.36.